The molecule has 0 aromatic rings. The van der Waals surface area contributed by atoms with Gasteiger partial charge < -0.3 is 0 Å². The molecule has 0 unspecified atom stereocenters. The van der Waals surface area contributed by atoms with Gasteiger partial charge in [-0.25, -0.2) is 0 Å². The van der Waals surface area contributed by atoms with Crippen LogP contribution in [0.15, 0.2) is 12.6 Å². The first-order chi connectivity index (χ1) is 4.41. The Labute approximate surface area is 61.2 Å². The molecule has 0 atom stereocenters. The Morgan fingerprint density at radius 1 is 1.11 bits per heavy atom. The van der Waals surface area contributed by atoms with Gasteiger partial charge in [0.05, 0.1) is 0 Å². The standard InChI is InChI=1S/C2H3B7/c1-2-4-6-8-9-7-5-3/h2H,1H2. The van der Waals surface area contributed by atoms with E-state index in [1.807, 2.05) is 26.9 Å². The molecule has 0 saturated heterocycles. The summed E-state index contributed by atoms with van der Waals surface area (Å²) in [5.74, 6) is 1.72. The van der Waals surface area contributed by atoms with Gasteiger partial charge in [-0.05, 0) is 0 Å². The van der Waals surface area contributed by atoms with Crippen molar-refractivity contribution in [1.82, 2.24) is 0 Å². The van der Waals surface area contributed by atoms with Gasteiger partial charge in [0.2, 0.25) is 0 Å². The van der Waals surface area contributed by atoms with E-state index in [4.69, 9.17) is 7.74 Å². The molecule has 32 valence electrons. The second-order valence-electron chi connectivity index (χ2n) is 1.39. The van der Waals surface area contributed by atoms with E-state index in [9.17, 15) is 0 Å². The first kappa shape index (κ1) is 9.19. The van der Waals surface area contributed by atoms with Crippen LogP contribution in [0.3, 0.4) is 0 Å². The predicted octanol–water partition coefficient (Wildman–Crippen LogP) is -1.99. The summed E-state index contributed by atoms with van der Waals surface area (Å²) in [7, 11) is 5.07. The van der Waals surface area contributed by atoms with Crippen LogP contribution in [0.2, 0.25) is 0 Å². The predicted molar refractivity (Wildman–Crippen MR) is 50.5 cm³/mol. The van der Waals surface area contributed by atoms with Crippen LogP contribution >= 0.6 is 0 Å². The number of rotatable bonds is 3. The molecule has 0 spiro atoms. The number of hydrogen-bond donors (Lipinski definition) is 0. The second-order valence-corrected chi connectivity index (χ2v) is 1.39. The van der Waals surface area contributed by atoms with E-state index in [-0.39, 0.29) is 0 Å². The molecule has 0 rings (SSSR count). The van der Waals surface area contributed by atoms with Gasteiger partial charge in [0.1, 0.15) is 0 Å². The molecule has 2 radical (unpaired) electrons. The fourth-order valence-electron chi connectivity index (χ4n) is 0.335. The van der Waals surface area contributed by atoms with E-state index in [2.05, 4.69) is 6.58 Å². The Morgan fingerprint density at radius 3 is 2.33 bits per heavy atom. The van der Waals surface area contributed by atoms with Crippen LogP contribution in [-0.4, -0.2) is 48.0 Å². The molecule has 0 nitrogen and oxygen atoms in total. The summed E-state index contributed by atoms with van der Waals surface area (Å²) in [4.78, 5) is 0. The quantitative estimate of drug-likeness (QED) is 0.363. The van der Waals surface area contributed by atoms with Gasteiger partial charge in [0.25, 0.3) is 0 Å². The van der Waals surface area contributed by atoms with Gasteiger partial charge >= 0.3 is 60.6 Å². The Balaban J connectivity index is 3.46. The molecular weight excluding hydrogens is 99.7 g/mol. The molecule has 0 aliphatic carbocycles. The van der Waals surface area contributed by atoms with Gasteiger partial charge in [-0.1, -0.05) is 0 Å². The van der Waals surface area contributed by atoms with Crippen LogP contribution in [0.25, 0.3) is 0 Å². The molecule has 0 aromatic heterocycles. The fourth-order valence-corrected chi connectivity index (χ4v) is 0.335. The molecular formula is C2H3B7. The van der Waals surface area contributed by atoms with Crippen LogP contribution in [0.1, 0.15) is 0 Å². The molecule has 7 heteroatoms. The zero-order chi connectivity index (χ0) is 6.95. The molecule has 0 N–H and O–H groups in total. The van der Waals surface area contributed by atoms with Crippen molar-refractivity contribution in [3.8, 4) is 0 Å². The molecule has 0 aliphatic heterocycles. The van der Waals surface area contributed by atoms with Crippen LogP contribution in [0.5, 0.6) is 0 Å². The third kappa shape index (κ3) is 8.19. The van der Waals surface area contributed by atoms with E-state index in [1.54, 1.807) is 12.7 Å². The third-order valence-electron chi connectivity index (χ3n) is 0.692. The van der Waals surface area contributed by atoms with E-state index in [0.29, 0.717) is 0 Å². The van der Waals surface area contributed by atoms with Crippen molar-refractivity contribution in [3.05, 3.63) is 12.6 Å². The van der Waals surface area contributed by atoms with E-state index < -0.39 is 0 Å². The summed E-state index contributed by atoms with van der Waals surface area (Å²) >= 11 is 0. The summed E-state index contributed by atoms with van der Waals surface area (Å²) in [6.45, 7) is 14.2. The van der Waals surface area contributed by atoms with Crippen molar-refractivity contribution in [2.24, 2.45) is 0 Å². The third-order valence-corrected chi connectivity index (χ3v) is 0.692. The average molecular weight is 103 g/mol. The van der Waals surface area contributed by atoms with Gasteiger partial charge in [-0.2, -0.15) is 0 Å². The van der Waals surface area contributed by atoms with Crippen LogP contribution in [-0.2, 0) is 0 Å². The van der Waals surface area contributed by atoms with Crippen molar-refractivity contribution in [3.63, 3.8) is 0 Å². The second kappa shape index (κ2) is 8.19. The van der Waals surface area contributed by atoms with Crippen molar-refractivity contribution >= 4 is 48.0 Å². The zero-order valence-electron chi connectivity index (χ0n) is 5.33. The van der Waals surface area contributed by atoms with Crippen LogP contribution in [0.4, 0.5) is 0 Å². The van der Waals surface area contributed by atoms with Crippen molar-refractivity contribution in [1.29, 1.82) is 0 Å². The SMILES string of the molecule is [B]B=BB=BB=BC=C. The van der Waals surface area contributed by atoms with Gasteiger partial charge in [0, 0.05) is 0 Å². The van der Waals surface area contributed by atoms with Crippen LogP contribution in [0, 0.1) is 0 Å². The molecule has 0 heterocycles. The topological polar surface area (TPSA) is 0 Å². The molecule has 0 bridgehead atoms. The summed E-state index contributed by atoms with van der Waals surface area (Å²) < 4.78 is 0. The Morgan fingerprint density at radius 2 is 1.78 bits per heavy atom. The van der Waals surface area contributed by atoms with Crippen molar-refractivity contribution in [2.75, 3.05) is 0 Å². The van der Waals surface area contributed by atoms with E-state index >= 15 is 0 Å². The molecule has 0 aromatic carbocycles. The van der Waals surface area contributed by atoms with Gasteiger partial charge in [0.15, 0.2) is 0 Å². The minimum absolute atomic E-state index is 1.48. The fraction of sp³-hybridized carbons (Fsp3) is 0. The summed E-state index contributed by atoms with van der Waals surface area (Å²) in [5, 5.41) is 0. The Hall–Kier alpha value is 0.195. The Kier molecular flexibility index (Phi) is 8.37. The molecule has 0 saturated carbocycles. The van der Waals surface area contributed by atoms with Gasteiger partial charge in [-0.15, -0.1) is 0 Å². The monoisotopic (exact) mass is 104 g/mol. The average Bonchev–Trinajstić information content (AvgIpc) is 1.89. The van der Waals surface area contributed by atoms with Gasteiger partial charge in [-0.3, -0.25) is 0 Å². The van der Waals surface area contributed by atoms with E-state index in [0.717, 1.165) is 0 Å². The van der Waals surface area contributed by atoms with Crippen molar-refractivity contribution < 1.29 is 0 Å². The first-order valence-electron chi connectivity index (χ1n) is 2.74. The van der Waals surface area contributed by atoms with Crippen molar-refractivity contribution in [2.45, 2.75) is 0 Å². The first-order valence-corrected chi connectivity index (χ1v) is 2.74. The maximum atomic E-state index is 5.07. The van der Waals surface area contributed by atoms with E-state index in [1.165, 1.54) is 6.69 Å². The zero-order valence-corrected chi connectivity index (χ0v) is 5.33. The number of hydrogen-bond acceptors (Lipinski definition) is 0. The summed E-state index contributed by atoms with van der Waals surface area (Å²) in [5.41, 5.74) is 0. The maximum absolute atomic E-state index is 5.07. The summed E-state index contributed by atoms with van der Waals surface area (Å²) in [6, 6.07) is 0. The molecule has 9 heavy (non-hydrogen) atoms. The minimum atomic E-state index is 1.48. The normalized spacial score (nSPS) is 6.67. The van der Waals surface area contributed by atoms with Crippen LogP contribution < -0.4 is 0 Å². The summed E-state index contributed by atoms with van der Waals surface area (Å²) in [6.07, 6.45) is 0. The molecule has 0 aliphatic rings. The molecule has 0 fully saturated rings. The Bertz CT molecular complexity index is 143. The molecule has 0 amide bonds.